The summed E-state index contributed by atoms with van der Waals surface area (Å²) in [5, 5.41) is 1.13. The highest BCUT2D eigenvalue weighted by Crippen LogP contribution is 2.23. The van der Waals surface area contributed by atoms with Gasteiger partial charge in [-0.3, -0.25) is 9.36 Å². The van der Waals surface area contributed by atoms with Crippen LogP contribution in [0.25, 0.3) is 10.9 Å². The number of halogens is 2. The Kier molecular flexibility index (Phi) is 5.71. The molecule has 0 aliphatic heterocycles. The Morgan fingerprint density at radius 2 is 1.62 bits per heavy atom. The molecule has 146 valence electrons. The summed E-state index contributed by atoms with van der Waals surface area (Å²) in [6.45, 7) is 0.487. The van der Waals surface area contributed by atoms with Gasteiger partial charge in [0.25, 0.3) is 5.56 Å². The zero-order chi connectivity index (χ0) is 20.2. The number of thioether (sulfide) groups is 1. The Hall–Kier alpha value is -2.99. The molecule has 0 aliphatic carbocycles. The molecule has 6 heteroatoms. The predicted octanol–water partition coefficient (Wildman–Crippen LogP) is 5.21. The number of hydrogen-bond donors (Lipinski definition) is 0. The molecule has 1 heterocycles. The van der Waals surface area contributed by atoms with Gasteiger partial charge in [-0.2, -0.15) is 0 Å². The molecule has 1 aromatic heterocycles. The second kappa shape index (κ2) is 8.57. The second-order valence-corrected chi connectivity index (χ2v) is 7.58. The summed E-state index contributed by atoms with van der Waals surface area (Å²) < 4.78 is 28.4. The van der Waals surface area contributed by atoms with Gasteiger partial charge in [0.15, 0.2) is 16.8 Å². The second-order valence-electron chi connectivity index (χ2n) is 6.64. The van der Waals surface area contributed by atoms with Crippen LogP contribution >= 0.6 is 11.8 Å². The molecule has 0 fully saturated rings. The molecule has 0 saturated heterocycles. The van der Waals surface area contributed by atoms with Gasteiger partial charge in [-0.1, -0.05) is 60.3 Å². The number of rotatable bonds is 6. The van der Waals surface area contributed by atoms with E-state index in [-0.39, 0.29) is 5.56 Å². The van der Waals surface area contributed by atoms with Crippen molar-refractivity contribution in [1.82, 2.24) is 9.55 Å². The highest BCUT2D eigenvalue weighted by atomic mass is 32.2. The standard InChI is InChI=1S/C23H18F2N2OS/c24-19-11-10-17(14-20(19)25)15-29-23-26-21-9-5-4-8-18(21)22(28)27(23)13-12-16-6-2-1-3-7-16/h1-11,14H,12-13,15H2. The molecule has 3 aromatic carbocycles. The molecule has 0 atom stereocenters. The van der Waals surface area contributed by atoms with E-state index in [4.69, 9.17) is 0 Å². The van der Waals surface area contributed by atoms with Gasteiger partial charge in [-0.25, -0.2) is 13.8 Å². The summed E-state index contributed by atoms with van der Waals surface area (Å²) >= 11 is 1.34. The van der Waals surface area contributed by atoms with Crippen molar-refractivity contribution in [3.05, 3.63) is 106 Å². The van der Waals surface area contributed by atoms with Crippen LogP contribution in [0.2, 0.25) is 0 Å². The van der Waals surface area contributed by atoms with E-state index in [9.17, 15) is 13.6 Å². The number of aryl methyl sites for hydroxylation is 1. The van der Waals surface area contributed by atoms with Crippen LogP contribution in [0.3, 0.4) is 0 Å². The molecule has 3 nitrogen and oxygen atoms in total. The smallest absolute Gasteiger partial charge is 0.262 e. The molecule has 0 N–H and O–H groups in total. The van der Waals surface area contributed by atoms with Gasteiger partial charge in [-0.15, -0.1) is 0 Å². The molecule has 0 radical (unpaired) electrons. The SMILES string of the molecule is O=c1c2ccccc2nc(SCc2ccc(F)c(F)c2)n1CCc1ccccc1. The van der Waals surface area contributed by atoms with Crippen molar-refractivity contribution in [3.63, 3.8) is 0 Å². The van der Waals surface area contributed by atoms with E-state index in [1.165, 1.54) is 17.8 Å². The van der Waals surface area contributed by atoms with Crippen LogP contribution in [0.15, 0.2) is 82.7 Å². The summed E-state index contributed by atoms with van der Waals surface area (Å²) in [6, 6.07) is 21.0. The highest BCUT2D eigenvalue weighted by molar-refractivity contribution is 7.98. The first kappa shape index (κ1) is 19.3. The minimum atomic E-state index is -0.879. The molecule has 0 saturated carbocycles. The lowest BCUT2D eigenvalue weighted by Gasteiger charge is -2.13. The summed E-state index contributed by atoms with van der Waals surface area (Å²) in [5.41, 5.74) is 2.29. The molecular formula is C23H18F2N2OS. The van der Waals surface area contributed by atoms with Gasteiger partial charge >= 0.3 is 0 Å². The molecule has 0 spiro atoms. The quantitative estimate of drug-likeness (QED) is 0.325. The van der Waals surface area contributed by atoms with Gasteiger partial charge in [0.2, 0.25) is 0 Å². The predicted molar refractivity (Wildman–Crippen MR) is 112 cm³/mol. The Morgan fingerprint density at radius 3 is 2.41 bits per heavy atom. The summed E-state index contributed by atoms with van der Waals surface area (Å²) in [6.07, 6.45) is 0.694. The average molecular weight is 408 g/mol. The van der Waals surface area contributed by atoms with E-state index in [0.717, 1.165) is 11.6 Å². The zero-order valence-corrected chi connectivity index (χ0v) is 16.3. The number of aromatic nitrogens is 2. The lowest BCUT2D eigenvalue weighted by molar-refractivity contribution is 0.507. The molecule has 0 bridgehead atoms. The van der Waals surface area contributed by atoms with E-state index in [1.807, 2.05) is 42.5 Å². The van der Waals surface area contributed by atoms with Crippen molar-refractivity contribution in [2.75, 3.05) is 0 Å². The van der Waals surface area contributed by atoms with Gasteiger partial charge in [0, 0.05) is 12.3 Å². The topological polar surface area (TPSA) is 34.9 Å². The first-order chi connectivity index (χ1) is 14.1. The maximum atomic E-state index is 13.5. The van der Waals surface area contributed by atoms with Crippen LogP contribution in [0.1, 0.15) is 11.1 Å². The third-order valence-electron chi connectivity index (χ3n) is 4.65. The largest absolute Gasteiger partial charge is 0.287 e. The zero-order valence-electron chi connectivity index (χ0n) is 15.5. The van der Waals surface area contributed by atoms with Gasteiger partial charge in [0.1, 0.15) is 0 Å². The van der Waals surface area contributed by atoms with Crippen LogP contribution in [0.5, 0.6) is 0 Å². The minimum absolute atomic E-state index is 0.0979. The fourth-order valence-corrected chi connectivity index (χ4v) is 4.09. The first-order valence-corrected chi connectivity index (χ1v) is 10.2. The minimum Gasteiger partial charge on any atom is -0.287 e. The number of hydrogen-bond acceptors (Lipinski definition) is 3. The molecule has 0 aliphatic rings. The Balaban J connectivity index is 1.66. The lowest BCUT2D eigenvalue weighted by Crippen LogP contribution is -2.24. The molecule has 4 aromatic rings. The van der Waals surface area contributed by atoms with Crippen molar-refractivity contribution in [3.8, 4) is 0 Å². The normalized spacial score (nSPS) is 11.1. The van der Waals surface area contributed by atoms with E-state index >= 15 is 0 Å². The van der Waals surface area contributed by atoms with Crippen LogP contribution in [0.4, 0.5) is 8.78 Å². The highest BCUT2D eigenvalue weighted by Gasteiger charge is 2.12. The molecule has 0 unspecified atom stereocenters. The van der Waals surface area contributed by atoms with E-state index in [1.54, 1.807) is 22.8 Å². The molecule has 0 amide bonds. The third-order valence-corrected chi connectivity index (χ3v) is 5.69. The van der Waals surface area contributed by atoms with Crippen LogP contribution < -0.4 is 5.56 Å². The average Bonchev–Trinajstić information content (AvgIpc) is 2.75. The fourth-order valence-electron chi connectivity index (χ4n) is 3.12. The van der Waals surface area contributed by atoms with Crippen molar-refractivity contribution in [2.24, 2.45) is 0 Å². The van der Waals surface area contributed by atoms with Crippen LogP contribution in [-0.2, 0) is 18.7 Å². The van der Waals surface area contributed by atoms with Crippen molar-refractivity contribution in [1.29, 1.82) is 0 Å². The Bertz CT molecular complexity index is 1210. The van der Waals surface area contributed by atoms with Crippen LogP contribution in [-0.4, -0.2) is 9.55 Å². The number of benzene rings is 3. The van der Waals surface area contributed by atoms with E-state index in [2.05, 4.69) is 4.98 Å². The van der Waals surface area contributed by atoms with E-state index < -0.39 is 11.6 Å². The Labute approximate surface area is 171 Å². The third kappa shape index (κ3) is 4.38. The van der Waals surface area contributed by atoms with Gasteiger partial charge < -0.3 is 0 Å². The monoisotopic (exact) mass is 408 g/mol. The fraction of sp³-hybridized carbons (Fsp3) is 0.130. The van der Waals surface area contributed by atoms with Crippen molar-refractivity contribution in [2.45, 2.75) is 23.9 Å². The van der Waals surface area contributed by atoms with Gasteiger partial charge in [0.05, 0.1) is 10.9 Å². The molecule has 4 rings (SSSR count). The van der Waals surface area contributed by atoms with E-state index in [0.29, 0.717) is 40.3 Å². The maximum Gasteiger partial charge on any atom is 0.262 e. The number of nitrogens with zero attached hydrogens (tertiary/aromatic N) is 2. The summed E-state index contributed by atoms with van der Waals surface area (Å²) in [4.78, 5) is 17.7. The lowest BCUT2D eigenvalue weighted by atomic mass is 10.1. The van der Waals surface area contributed by atoms with Crippen molar-refractivity contribution >= 4 is 22.7 Å². The van der Waals surface area contributed by atoms with Crippen LogP contribution in [0, 0.1) is 11.6 Å². The Morgan fingerprint density at radius 1 is 0.862 bits per heavy atom. The maximum absolute atomic E-state index is 13.5. The first-order valence-electron chi connectivity index (χ1n) is 9.22. The van der Waals surface area contributed by atoms with Crippen molar-refractivity contribution < 1.29 is 8.78 Å². The summed E-state index contributed by atoms with van der Waals surface area (Å²) in [7, 11) is 0. The van der Waals surface area contributed by atoms with Gasteiger partial charge in [-0.05, 0) is 41.8 Å². The molecular weight excluding hydrogens is 390 g/mol. The number of para-hydroxylation sites is 1. The molecule has 29 heavy (non-hydrogen) atoms. The summed E-state index contributed by atoms with van der Waals surface area (Å²) in [5.74, 6) is -1.37. The number of fused-ring (bicyclic) bond motifs is 1.